The molecule has 0 aliphatic heterocycles. The summed E-state index contributed by atoms with van der Waals surface area (Å²) in [6, 6.07) is 0. The molecule has 0 saturated carbocycles. The number of carbonyl (C=O) groups is 1. The summed E-state index contributed by atoms with van der Waals surface area (Å²) in [5.41, 5.74) is 0. The molecule has 0 bridgehead atoms. The summed E-state index contributed by atoms with van der Waals surface area (Å²) in [4.78, 5) is 11.6. The average Bonchev–Trinajstić information content (AvgIpc) is 2.29. The molecule has 0 aliphatic rings. The van der Waals surface area contributed by atoms with Crippen molar-refractivity contribution in [1.29, 1.82) is 0 Å². The van der Waals surface area contributed by atoms with Crippen LogP contribution in [0.5, 0.6) is 0 Å². The highest BCUT2D eigenvalue weighted by atomic mass is 16.6. The van der Waals surface area contributed by atoms with Crippen LogP contribution in [0.15, 0.2) is 0 Å². The lowest BCUT2D eigenvalue weighted by Gasteiger charge is -2.22. The van der Waals surface area contributed by atoms with Crippen molar-refractivity contribution in [3.05, 3.63) is 0 Å². The van der Waals surface area contributed by atoms with Gasteiger partial charge in [0.1, 0.15) is 6.10 Å². The standard InChI is InChI=1S/C14H28O3/c1-4-7-8-11-14(16)17-13(10-6-3)12(15)9-5-2/h12-13,15H,4-11H2,1-3H3. The molecule has 0 radical (unpaired) electrons. The van der Waals surface area contributed by atoms with E-state index in [2.05, 4.69) is 6.92 Å². The van der Waals surface area contributed by atoms with Gasteiger partial charge in [-0.2, -0.15) is 0 Å². The number of aliphatic hydroxyl groups excluding tert-OH is 1. The number of carbonyl (C=O) groups excluding carboxylic acids is 1. The molecule has 0 aromatic heterocycles. The Kier molecular flexibility index (Phi) is 10.2. The number of rotatable bonds is 10. The van der Waals surface area contributed by atoms with Crippen molar-refractivity contribution < 1.29 is 14.6 Å². The summed E-state index contributed by atoms with van der Waals surface area (Å²) in [6.45, 7) is 6.17. The van der Waals surface area contributed by atoms with Gasteiger partial charge in [-0.05, 0) is 19.3 Å². The van der Waals surface area contributed by atoms with Crippen LogP contribution in [0.4, 0.5) is 0 Å². The molecule has 2 unspecified atom stereocenters. The summed E-state index contributed by atoms with van der Waals surface area (Å²) in [5, 5.41) is 9.88. The Morgan fingerprint density at radius 1 is 1.06 bits per heavy atom. The molecule has 0 aromatic carbocycles. The van der Waals surface area contributed by atoms with E-state index in [1.54, 1.807) is 0 Å². The molecule has 3 heteroatoms. The van der Waals surface area contributed by atoms with E-state index in [4.69, 9.17) is 4.74 Å². The number of hydrogen-bond acceptors (Lipinski definition) is 3. The van der Waals surface area contributed by atoms with Crippen LogP contribution in [0.3, 0.4) is 0 Å². The Hall–Kier alpha value is -0.570. The van der Waals surface area contributed by atoms with Gasteiger partial charge in [-0.25, -0.2) is 0 Å². The number of aliphatic hydroxyl groups is 1. The maximum atomic E-state index is 11.6. The Morgan fingerprint density at radius 3 is 2.24 bits per heavy atom. The Bertz CT molecular complexity index is 192. The first-order valence-corrected chi connectivity index (χ1v) is 7.03. The Labute approximate surface area is 106 Å². The number of hydrogen-bond donors (Lipinski definition) is 1. The van der Waals surface area contributed by atoms with E-state index in [0.717, 1.165) is 38.5 Å². The molecule has 0 saturated heterocycles. The average molecular weight is 244 g/mol. The molecule has 2 atom stereocenters. The first-order valence-electron chi connectivity index (χ1n) is 7.03. The molecule has 17 heavy (non-hydrogen) atoms. The summed E-state index contributed by atoms with van der Waals surface area (Å²) in [5.74, 6) is -0.160. The van der Waals surface area contributed by atoms with Crippen LogP contribution in [0, 0.1) is 0 Å². The highest BCUT2D eigenvalue weighted by Gasteiger charge is 2.21. The van der Waals surface area contributed by atoms with Gasteiger partial charge in [0.15, 0.2) is 0 Å². The van der Waals surface area contributed by atoms with Crippen molar-refractivity contribution in [2.75, 3.05) is 0 Å². The molecule has 0 aliphatic carbocycles. The summed E-state index contributed by atoms with van der Waals surface area (Å²) < 4.78 is 5.36. The number of ether oxygens (including phenoxy) is 1. The Morgan fingerprint density at radius 2 is 1.71 bits per heavy atom. The molecule has 3 nitrogen and oxygen atoms in total. The molecule has 102 valence electrons. The third kappa shape index (κ3) is 8.19. The molecule has 0 rings (SSSR count). The zero-order valence-electron chi connectivity index (χ0n) is 11.6. The molecule has 1 N–H and O–H groups in total. The minimum Gasteiger partial charge on any atom is -0.460 e. The van der Waals surface area contributed by atoms with Gasteiger partial charge >= 0.3 is 5.97 Å². The van der Waals surface area contributed by atoms with Gasteiger partial charge in [-0.3, -0.25) is 4.79 Å². The van der Waals surface area contributed by atoms with Gasteiger partial charge in [0, 0.05) is 6.42 Å². The smallest absolute Gasteiger partial charge is 0.306 e. The van der Waals surface area contributed by atoms with Crippen molar-refractivity contribution in [2.45, 2.75) is 84.3 Å². The second kappa shape index (κ2) is 10.6. The van der Waals surface area contributed by atoms with E-state index >= 15 is 0 Å². The van der Waals surface area contributed by atoms with Crippen molar-refractivity contribution in [3.63, 3.8) is 0 Å². The minimum absolute atomic E-state index is 0.160. The molecule has 0 amide bonds. The minimum atomic E-state index is -0.505. The largest absolute Gasteiger partial charge is 0.460 e. The van der Waals surface area contributed by atoms with E-state index in [-0.39, 0.29) is 12.1 Å². The first-order chi connectivity index (χ1) is 8.15. The van der Waals surface area contributed by atoms with Crippen LogP contribution >= 0.6 is 0 Å². The van der Waals surface area contributed by atoms with E-state index in [9.17, 15) is 9.90 Å². The van der Waals surface area contributed by atoms with Gasteiger partial charge in [-0.1, -0.05) is 46.5 Å². The van der Waals surface area contributed by atoms with Gasteiger partial charge < -0.3 is 9.84 Å². The summed E-state index contributed by atoms with van der Waals surface area (Å²) >= 11 is 0. The van der Waals surface area contributed by atoms with Gasteiger partial charge in [-0.15, -0.1) is 0 Å². The van der Waals surface area contributed by atoms with Crippen LogP contribution in [-0.2, 0) is 9.53 Å². The topological polar surface area (TPSA) is 46.5 Å². The maximum absolute atomic E-state index is 11.6. The highest BCUT2D eigenvalue weighted by molar-refractivity contribution is 5.69. The van der Waals surface area contributed by atoms with Crippen molar-refractivity contribution in [3.8, 4) is 0 Å². The second-order valence-electron chi connectivity index (χ2n) is 4.63. The predicted octanol–water partition coefficient (Wildman–Crippen LogP) is 3.44. The lowest BCUT2D eigenvalue weighted by Crippen LogP contribution is -2.31. The van der Waals surface area contributed by atoms with Crippen molar-refractivity contribution in [1.82, 2.24) is 0 Å². The molecule has 0 heterocycles. The third-order valence-electron chi connectivity index (χ3n) is 2.85. The predicted molar refractivity (Wildman–Crippen MR) is 69.8 cm³/mol. The van der Waals surface area contributed by atoms with Crippen LogP contribution in [0.2, 0.25) is 0 Å². The lowest BCUT2D eigenvalue weighted by molar-refractivity contribution is -0.156. The molecule has 0 fully saturated rings. The fourth-order valence-electron chi connectivity index (χ4n) is 1.84. The van der Waals surface area contributed by atoms with Crippen LogP contribution in [0.25, 0.3) is 0 Å². The first kappa shape index (κ1) is 16.4. The quantitative estimate of drug-likeness (QED) is 0.473. The third-order valence-corrected chi connectivity index (χ3v) is 2.85. The van der Waals surface area contributed by atoms with E-state index in [0.29, 0.717) is 12.8 Å². The van der Waals surface area contributed by atoms with Crippen LogP contribution < -0.4 is 0 Å². The second-order valence-corrected chi connectivity index (χ2v) is 4.63. The monoisotopic (exact) mass is 244 g/mol. The number of unbranched alkanes of at least 4 members (excludes halogenated alkanes) is 2. The molecule has 0 aromatic rings. The summed E-state index contributed by atoms with van der Waals surface area (Å²) in [6.07, 6.45) is 6.00. The SMILES string of the molecule is CCCCCC(=O)OC(CCC)C(O)CCC. The van der Waals surface area contributed by atoms with Crippen LogP contribution in [-0.4, -0.2) is 23.3 Å². The maximum Gasteiger partial charge on any atom is 0.306 e. The van der Waals surface area contributed by atoms with Crippen molar-refractivity contribution in [2.24, 2.45) is 0 Å². The Balaban J connectivity index is 4.00. The van der Waals surface area contributed by atoms with Gasteiger partial charge in [0.2, 0.25) is 0 Å². The molecular formula is C14H28O3. The van der Waals surface area contributed by atoms with E-state index in [1.807, 2.05) is 13.8 Å². The molecule has 0 spiro atoms. The summed E-state index contributed by atoms with van der Waals surface area (Å²) in [7, 11) is 0. The fourth-order valence-corrected chi connectivity index (χ4v) is 1.84. The normalized spacial score (nSPS) is 14.4. The molecular weight excluding hydrogens is 216 g/mol. The highest BCUT2D eigenvalue weighted by Crippen LogP contribution is 2.14. The zero-order chi connectivity index (χ0) is 13.1. The zero-order valence-corrected chi connectivity index (χ0v) is 11.6. The van der Waals surface area contributed by atoms with E-state index in [1.165, 1.54) is 0 Å². The number of esters is 1. The fraction of sp³-hybridized carbons (Fsp3) is 0.929. The van der Waals surface area contributed by atoms with Crippen LogP contribution in [0.1, 0.15) is 72.1 Å². The van der Waals surface area contributed by atoms with E-state index < -0.39 is 6.10 Å². The van der Waals surface area contributed by atoms with Crippen molar-refractivity contribution >= 4 is 5.97 Å². The lowest BCUT2D eigenvalue weighted by atomic mass is 10.0. The van der Waals surface area contributed by atoms with Gasteiger partial charge in [0.05, 0.1) is 6.10 Å². The van der Waals surface area contributed by atoms with Gasteiger partial charge in [0.25, 0.3) is 0 Å².